The van der Waals surface area contributed by atoms with Crippen LogP contribution in [0.1, 0.15) is 41.8 Å². The topological polar surface area (TPSA) is 38.8 Å². The molecule has 1 saturated heterocycles. The van der Waals surface area contributed by atoms with Gasteiger partial charge in [-0.1, -0.05) is 23.7 Å². The zero-order valence-electron chi connectivity index (χ0n) is 20.1. The maximum absolute atomic E-state index is 12.1. The molecule has 3 rings (SSSR count). The Kier molecular flexibility index (Phi) is 6.11. The molecule has 0 unspecified atom stereocenters. The van der Waals surface area contributed by atoms with Crippen molar-refractivity contribution in [1.29, 1.82) is 0 Å². The maximum atomic E-state index is 12.1. The molecule has 1 aromatic carbocycles. The lowest BCUT2D eigenvalue weighted by atomic mass is 9.84. The van der Waals surface area contributed by atoms with Crippen molar-refractivity contribution < 1.29 is 8.91 Å². The molecule has 1 heterocycles. The van der Waals surface area contributed by atoms with Gasteiger partial charge in [0, 0.05) is 50.4 Å². The molecule has 0 atom stereocenters. The molecule has 6 heteroatoms. The predicted octanol–water partition coefficient (Wildman–Crippen LogP) is 3.99. The van der Waals surface area contributed by atoms with E-state index in [1.807, 2.05) is 13.0 Å². The van der Waals surface area contributed by atoms with E-state index in [1.54, 1.807) is 0 Å². The largest absolute Gasteiger partial charge is 0.368 e. The average Bonchev–Trinajstić information content (AvgIpc) is 2.74. The smallest absolute Gasteiger partial charge is 0.317 e. The van der Waals surface area contributed by atoms with Crippen LogP contribution in [0.5, 0.6) is 0 Å². The zero-order chi connectivity index (χ0) is 22.6. The van der Waals surface area contributed by atoms with Gasteiger partial charge in [-0.15, -0.1) is 0 Å². The summed E-state index contributed by atoms with van der Waals surface area (Å²) in [5.41, 5.74) is 2.27. The van der Waals surface area contributed by atoms with Crippen molar-refractivity contribution in [3.63, 3.8) is 0 Å². The molecular weight excluding hydrogens is 372 g/mol. The molecule has 28 heavy (non-hydrogen) atoms. The Balaban J connectivity index is 1.35. The second-order valence-corrected chi connectivity index (χ2v) is 8.63. The van der Waals surface area contributed by atoms with Gasteiger partial charge < -0.3 is 15.1 Å². The summed E-state index contributed by atoms with van der Waals surface area (Å²) in [6, 6.07) is 5.81. The van der Waals surface area contributed by atoms with Gasteiger partial charge in [0.05, 0.1) is 10.7 Å². The van der Waals surface area contributed by atoms with Crippen molar-refractivity contribution in [3.05, 3.63) is 28.8 Å². The monoisotopic (exact) mass is 409 g/mol. The number of piperazine rings is 1. The van der Waals surface area contributed by atoms with Gasteiger partial charge in [0.15, 0.2) is 0 Å². The Morgan fingerprint density at radius 1 is 1.25 bits per heavy atom. The molecule has 0 spiro atoms. The Morgan fingerprint density at radius 2 is 1.96 bits per heavy atom. The molecule has 5 nitrogen and oxygen atoms in total. The number of carbonyl (C=O) groups excluding carboxylic acids is 1. The van der Waals surface area contributed by atoms with E-state index in [2.05, 4.69) is 27.2 Å². The van der Waals surface area contributed by atoms with Crippen LogP contribution in [0, 0.1) is 12.8 Å². The highest BCUT2D eigenvalue weighted by Gasteiger charge is 2.24. The van der Waals surface area contributed by atoms with Gasteiger partial charge in [-0.2, -0.15) is 0 Å². The molecular formula is C22H35ClN4O. The molecule has 156 valence electrons. The van der Waals surface area contributed by atoms with Crippen molar-refractivity contribution >= 4 is 23.3 Å². The third kappa shape index (κ3) is 5.54. The minimum absolute atomic E-state index is 0.0798. The molecule has 1 saturated carbocycles. The van der Waals surface area contributed by atoms with Crippen LogP contribution in [0.3, 0.4) is 0 Å². The highest BCUT2D eigenvalue weighted by atomic mass is 35.5. The number of carbonyl (C=O) groups is 1. The van der Waals surface area contributed by atoms with Gasteiger partial charge in [0.1, 0.15) is 0 Å². The Bertz CT molecular complexity index is 745. The molecule has 1 aliphatic carbocycles. The number of anilines is 1. The Labute approximate surface area is 179 Å². The molecule has 2 aliphatic rings. The zero-order valence-corrected chi connectivity index (χ0v) is 17.8. The number of urea groups is 1. The molecule has 1 aliphatic heterocycles. The van der Waals surface area contributed by atoms with Crippen LogP contribution in [-0.2, 0) is 0 Å². The molecule has 1 N–H and O–H groups in total. The lowest BCUT2D eigenvalue weighted by Gasteiger charge is -2.37. The Hall–Kier alpha value is -1.46. The number of hydrogen-bond acceptors (Lipinski definition) is 3. The van der Waals surface area contributed by atoms with Crippen LogP contribution in [0.2, 0.25) is 5.02 Å². The molecule has 2 amide bonds. The van der Waals surface area contributed by atoms with Crippen LogP contribution in [0.4, 0.5) is 10.5 Å². The predicted molar refractivity (Wildman–Crippen MR) is 117 cm³/mol. The van der Waals surface area contributed by atoms with E-state index in [0.29, 0.717) is 5.92 Å². The lowest BCUT2D eigenvalue weighted by Crippen LogP contribution is -2.47. The van der Waals surface area contributed by atoms with Gasteiger partial charge in [-0.05, 0) is 63.1 Å². The first-order chi connectivity index (χ1) is 14.6. The third-order valence-electron chi connectivity index (χ3n) is 6.22. The number of hydrogen-bond donors (Lipinski definition) is 1. The number of benzene rings is 1. The molecule has 1 aromatic rings. The number of amides is 2. The van der Waals surface area contributed by atoms with Crippen molar-refractivity contribution in [2.75, 3.05) is 51.6 Å². The first-order valence-corrected chi connectivity index (χ1v) is 10.8. The second-order valence-electron chi connectivity index (χ2n) is 8.25. The summed E-state index contributed by atoms with van der Waals surface area (Å²) in [7, 11) is 1.32. The Morgan fingerprint density at radius 3 is 2.64 bits per heavy atom. The molecule has 0 radical (unpaired) electrons. The van der Waals surface area contributed by atoms with Crippen LogP contribution in [-0.4, -0.2) is 68.6 Å². The fourth-order valence-corrected chi connectivity index (χ4v) is 4.57. The van der Waals surface area contributed by atoms with Crippen molar-refractivity contribution in [1.82, 2.24) is 15.1 Å². The van der Waals surface area contributed by atoms with E-state index < -0.39 is 13.0 Å². The van der Waals surface area contributed by atoms with E-state index in [0.717, 1.165) is 79.6 Å². The summed E-state index contributed by atoms with van der Waals surface area (Å²) in [6.07, 6.45) is 5.19. The third-order valence-corrected chi connectivity index (χ3v) is 6.71. The first kappa shape index (κ1) is 17.4. The van der Waals surface area contributed by atoms with Crippen molar-refractivity contribution in [3.8, 4) is 0 Å². The average molecular weight is 410 g/mol. The quantitative estimate of drug-likeness (QED) is 0.799. The van der Waals surface area contributed by atoms with Gasteiger partial charge in [-0.3, -0.25) is 4.90 Å². The number of rotatable bonds is 5. The van der Waals surface area contributed by atoms with E-state index in [4.69, 9.17) is 15.7 Å². The van der Waals surface area contributed by atoms with E-state index in [-0.39, 0.29) is 6.04 Å². The fraction of sp³-hybridized carbons (Fsp3) is 0.682. The summed E-state index contributed by atoms with van der Waals surface area (Å²) in [4.78, 5) is 17.8. The number of nitrogens with zero attached hydrogens (tertiary/aromatic N) is 3. The van der Waals surface area contributed by atoms with Gasteiger partial charge in [0.25, 0.3) is 0 Å². The first-order valence-electron chi connectivity index (χ1n) is 11.9. The van der Waals surface area contributed by atoms with E-state index >= 15 is 0 Å². The fourth-order valence-electron chi connectivity index (χ4n) is 4.32. The van der Waals surface area contributed by atoms with Gasteiger partial charge >= 0.3 is 6.03 Å². The van der Waals surface area contributed by atoms with Crippen LogP contribution < -0.4 is 10.2 Å². The highest BCUT2D eigenvalue weighted by Crippen LogP contribution is 2.30. The maximum Gasteiger partial charge on any atom is 0.317 e. The molecule has 2 fully saturated rings. The van der Waals surface area contributed by atoms with E-state index in [1.165, 1.54) is 13.5 Å². The highest BCUT2D eigenvalue weighted by molar-refractivity contribution is 6.34. The van der Waals surface area contributed by atoms with Crippen molar-refractivity contribution in [2.45, 2.75) is 45.1 Å². The van der Waals surface area contributed by atoms with E-state index in [9.17, 15) is 4.79 Å². The summed E-state index contributed by atoms with van der Waals surface area (Å²) in [6.45, 7) is 4.87. The number of aryl methyl sites for hydroxylation is 1. The number of halogens is 1. The summed E-state index contributed by atoms with van der Waals surface area (Å²) < 4.78 is 22.0. The van der Waals surface area contributed by atoms with Crippen LogP contribution in [0.15, 0.2) is 18.2 Å². The second kappa shape index (κ2) is 9.84. The number of nitrogens with one attached hydrogen (secondary N) is 1. The minimum Gasteiger partial charge on any atom is -0.368 e. The summed E-state index contributed by atoms with van der Waals surface area (Å²) in [5, 5.41) is 3.75. The normalized spacial score (nSPS) is 25.5. The molecule has 0 aromatic heterocycles. The summed E-state index contributed by atoms with van der Waals surface area (Å²) in [5.74, 6) is 0.678. The lowest BCUT2D eigenvalue weighted by molar-refractivity contribution is 0.194. The molecule has 0 bridgehead atoms. The SMILES string of the molecule is [2H]C([2H])([2H])N(C)C(=O)N[C@H]1CC[C@H](CCN2CCN(c3cccc(C)c3Cl)CC2)CC1. The van der Waals surface area contributed by atoms with Crippen LogP contribution in [0.25, 0.3) is 0 Å². The van der Waals surface area contributed by atoms with Gasteiger partial charge in [-0.25, -0.2) is 4.79 Å². The van der Waals surface area contributed by atoms with Crippen LogP contribution >= 0.6 is 11.6 Å². The van der Waals surface area contributed by atoms with Crippen molar-refractivity contribution in [2.24, 2.45) is 5.92 Å². The van der Waals surface area contributed by atoms with Gasteiger partial charge in [0.2, 0.25) is 0 Å². The summed E-state index contributed by atoms with van der Waals surface area (Å²) >= 11 is 6.50. The standard InChI is InChI=1S/C22H35ClN4O/c1-17-5-4-6-20(21(17)23)27-15-13-26(14-16-27)12-11-18-7-9-19(10-8-18)24-22(28)25(2)3/h4-6,18-19H,7-16H2,1-3H3,(H,24,28)/t18-,19-/i2D3. The minimum atomic E-state index is -2.39.